The number of hydrogen-bond acceptors (Lipinski definition) is 10. The van der Waals surface area contributed by atoms with Gasteiger partial charge in [0.05, 0.1) is 5.41 Å². The van der Waals surface area contributed by atoms with E-state index in [1.807, 2.05) is 0 Å². The zero-order valence-corrected chi connectivity index (χ0v) is 27.1. The van der Waals surface area contributed by atoms with E-state index in [0.29, 0.717) is 35.4 Å². The molecule has 260 valence electrons. The van der Waals surface area contributed by atoms with E-state index in [9.17, 15) is 71.3 Å². The van der Waals surface area contributed by atoms with Gasteiger partial charge in [-0.15, -0.1) is 0 Å². The number of alkyl halides is 8. The summed E-state index contributed by atoms with van der Waals surface area (Å²) >= 11 is 0. The van der Waals surface area contributed by atoms with E-state index in [0.717, 1.165) is 12.1 Å². The third-order valence-corrected chi connectivity index (χ3v) is 9.71. The van der Waals surface area contributed by atoms with E-state index >= 15 is 0 Å². The first-order chi connectivity index (χ1) is 22.4. The van der Waals surface area contributed by atoms with Crippen LogP contribution in [0.3, 0.4) is 0 Å². The summed E-state index contributed by atoms with van der Waals surface area (Å²) in [5, 5.41) is 8.31. The van der Waals surface area contributed by atoms with Crippen LogP contribution in [0.2, 0.25) is 0 Å². The third-order valence-electron chi connectivity index (χ3n) is 7.98. The summed E-state index contributed by atoms with van der Waals surface area (Å²) < 4.78 is 187. The molecule has 2 aliphatic rings. The van der Waals surface area contributed by atoms with Crippen LogP contribution >= 0.6 is 0 Å². The summed E-state index contributed by atoms with van der Waals surface area (Å²) in [6.07, 6.45) is -12.0. The number of fused-ring (bicyclic) bond motifs is 10. The van der Waals surface area contributed by atoms with E-state index in [4.69, 9.17) is 0 Å². The fourth-order valence-corrected chi connectivity index (χ4v) is 6.67. The molecular formula is C29H14F8Li2O10S2. The maximum Gasteiger partial charge on any atom is 1.00 e. The van der Waals surface area contributed by atoms with Crippen LogP contribution in [0, 0.1) is 0 Å². The van der Waals surface area contributed by atoms with Gasteiger partial charge in [0.2, 0.25) is 0 Å². The van der Waals surface area contributed by atoms with Gasteiger partial charge < -0.3 is 28.8 Å². The average Bonchev–Trinajstić information content (AvgIpc) is 3.40. The van der Waals surface area contributed by atoms with Gasteiger partial charge in [0.15, 0.2) is 20.2 Å². The Morgan fingerprint density at radius 2 is 0.843 bits per heavy atom. The normalized spacial score (nSPS) is 14.8. The second-order valence-electron chi connectivity index (χ2n) is 10.8. The minimum Gasteiger partial charge on any atom is -0.743 e. The molecule has 0 heterocycles. The van der Waals surface area contributed by atoms with Crippen molar-refractivity contribution in [1.82, 2.24) is 0 Å². The quantitative estimate of drug-likeness (QED) is 0.119. The van der Waals surface area contributed by atoms with Crippen molar-refractivity contribution in [3.8, 4) is 45.3 Å². The Kier molecular flexibility index (Phi) is 9.73. The minimum absolute atomic E-state index is 0. The van der Waals surface area contributed by atoms with E-state index in [2.05, 4.69) is 9.47 Å². The molecule has 51 heavy (non-hydrogen) atoms. The van der Waals surface area contributed by atoms with E-state index < -0.39 is 59.9 Å². The molecule has 4 aromatic rings. The smallest absolute Gasteiger partial charge is 0.743 e. The van der Waals surface area contributed by atoms with Crippen LogP contribution in [0.15, 0.2) is 72.8 Å². The predicted molar refractivity (Wildman–Crippen MR) is 147 cm³/mol. The summed E-state index contributed by atoms with van der Waals surface area (Å²) in [6, 6.07) is 12.5. The molecule has 1 spiro atoms. The van der Waals surface area contributed by atoms with Gasteiger partial charge >= 0.3 is 60.4 Å². The van der Waals surface area contributed by atoms with Crippen LogP contribution in [0.1, 0.15) is 22.3 Å². The van der Waals surface area contributed by atoms with Gasteiger partial charge in [-0.2, -0.15) is 35.1 Å². The summed E-state index contributed by atoms with van der Waals surface area (Å²) in [4.78, 5) is 0. The molecular weight excluding hydrogens is 738 g/mol. The molecule has 2 N–H and O–H groups in total. The van der Waals surface area contributed by atoms with Gasteiger partial charge in [-0.05, 0) is 93.0 Å². The number of halogens is 8. The van der Waals surface area contributed by atoms with Crippen LogP contribution in [0.25, 0.3) is 22.3 Å². The Bertz CT molecular complexity index is 2150. The van der Waals surface area contributed by atoms with Gasteiger partial charge in [0.1, 0.15) is 23.0 Å². The summed E-state index contributed by atoms with van der Waals surface area (Å²) in [7, 11) is -14.0. The minimum atomic E-state index is -7.00. The molecule has 0 bridgehead atoms. The Morgan fingerprint density at radius 3 is 1.16 bits per heavy atom. The molecule has 0 aliphatic heterocycles. The van der Waals surface area contributed by atoms with Crippen molar-refractivity contribution < 1.29 is 118 Å². The molecule has 2 aliphatic carbocycles. The van der Waals surface area contributed by atoms with E-state index in [-0.39, 0.29) is 82.6 Å². The number of phenolic OH excluding ortho intramolecular Hbond substituents is 2. The molecule has 0 fully saturated rings. The number of aromatic hydroxyl groups is 2. The monoisotopic (exact) mass is 752 g/mol. The molecule has 0 amide bonds. The van der Waals surface area contributed by atoms with Crippen LogP contribution in [-0.4, -0.2) is 58.9 Å². The molecule has 6 rings (SSSR count). The number of benzene rings is 4. The summed E-state index contributed by atoms with van der Waals surface area (Å²) in [5.41, 5.74) is -1.18. The third kappa shape index (κ3) is 5.76. The van der Waals surface area contributed by atoms with Crippen LogP contribution in [0.4, 0.5) is 35.1 Å². The summed E-state index contributed by atoms with van der Waals surface area (Å²) in [5.74, 6) is -3.10. The topological polar surface area (TPSA) is 173 Å². The number of ether oxygens (including phenoxy) is 2. The van der Waals surface area contributed by atoms with Gasteiger partial charge in [-0.1, -0.05) is 24.3 Å². The molecule has 0 aromatic heterocycles. The van der Waals surface area contributed by atoms with Crippen molar-refractivity contribution in [3.63, 3.8) is 0 Å². The molecule has 0 radical (unpaired) electrons. The molecule has 10 nitrogen and oxygen atoms in total. The van der Waals surface area contributed by atoms with Gasteiger partial charge in [0.25, 0.3) is 0 Å². The number of hydrogen-bond donors (Lipinski definition) is 2. The van der Waals surface area contributed by atoms with Gasteiger partial charge in [-0.25, -0.2) is 16.8 Å². The molecule has 4 aromatic carbocycles. The maximum absolute atomic E-state index is 14.4. The Labute approximate surface area is 305 Å². The Hall–Kier alpha value is -3.47. The summed E-state index contributed by atoms with van der Waals surface area (Å²) in [6.45, 7) is 0. The average molecular weight is 752 g/mol. The van der Waals surface area contributed by atoms with Crippen LogP contribution in [0.5, 0.6) is 23.0 Å². The van der Waals surface area contributed by atoms with Gasteiger partial charge in [0, 0.05) is 0 Å². The van der Waals surface area contributed by atoms with Gasteiger partial charge in [-0.3, -0.25) is 0 Å². The maximum atomic E-state index is 14.4. The van der Waals surface area contributed by atoms with E-state index in [1.54, 1.807) is 0 Å². The van der Waals surface area contributed by atoms with Crippen molar-refractivity contribution in [1.29, 1.82) is 0 Å². The zero-order chi connectivity index (χ0) is 36.3. The number of rotatable bonds is 8. The van der Waals surface area contributed by atoms with Crippen LogP contribution < -0.4 is 47.2 Å². The van der Waals surface area contributed by atoms with Crippen molar-refractivity contribution in [3.05, 3.63) is 95.1 Å². The molecule has 22 heteroatoms. The molecule has 0 saturated carbocycles. The second-order valence-corrected chi connectivity index (χ2v) is 13.6. The fraction of sp³-hybridized carbons (Fsp3) is 0.172. The van der Waals surface area contributed by atoms with Crippen molar-refractivity contribution in [2.45, 2.75) is 28.1 Å². The van der Waals surface area contributed by atoms with Crippen molar-refractivity contribution in [2.24, 2.45) is 0 Å². The first kappa shape index (κ1) is 40.3. The second kappa shape index (κ2) is 12.3. The Balaban J connectivity index is 0.00000292. The first-order valence-corrected chi connectivity index (χ1v) is 16.0. The largest absolute Gasteiger partial charge is 1.00 e. The first-order valence-electron chi connectivity index (χ1n) is 13.1. The number of phenols is 2. The molecule has 0 atom stereocenters. The SMILES string of the molecule is O=S(=O)([O-])C(F)(F)C(F)(F)Oc1ccc2c(c1)-c1cc(OC(F)(F)C(F)(F)S(=O)(=O)[O-])ccc1C21c2cc(O)ccc2-c2ccc(O)cc21.[Li+].[Li+]. The zero-order valence-electron chi connectivity index (χ0n) is 25.4. The van der Waals surface area contributed by atoms with Crippen molar-refractivity contribution >= 4 is 20.2 Å². The Morgan fingerprint density at radius 1 is 0.510 bits per heavy atom. The standard InChI is InChI=1S/C29H16F8O10S2.2Li/c30-26(31,28(34,35)48(40,41)42)46-15-3-7-21-19(11-15)20-12-16(47-27(32,33)29(36,37)49(43,44)45)4-8-22(20)25(21)23-9-13(38)1-5-17(23)18-6-2-14(39)10-24(18)25;;/h1-12,38-39H,(H,40,41,42)(H,43,44,45);;/q;2*+1/p-2. The fourth-order valence-electron chi connectivity index (χ4n) is 6.00. The van der Waals surface area contributed by atoms with Crippen molar-refractivity contribution in [2.75, 3.05) is 0 Å². The molecule has 0 saturated heterocycles. The predicted octanol–water partition coefficient (Wildman–Crippen LogP) is -0.331. The molecule has 0 unspecified atom stereocenters. The van der Waals surface area contributed by atoms with E-state index in [1.165, 1.54) is 36.4 Å². The van der Waals surface area contributed by atoms with Crippen LogP contribution in [-0.2, 0) is 25.7 Å².